The van der Waals surface area contributed by atoms with Crippen LogP contribution in [0.15, 0.2) is 34.1 Å². The monoisotopic (exact) mass is 354 g/mol. The average Bonchev–Trinajstić information content (AvgIpc) is 3.33. The summed E-state index contributed by atoms with van der Waals surface area (Å²) in [5.74, 6) is -0.663. The Morgan fingerprint density at radius 1 is 1.35 bits per heavy atom. The first-order valence-corrected chi connectivity index (χ1v) is 8.56. The fraction of sp³-hybridized carbons (Fsp3) is 0.333. The summed E-state index contributed by atoms with van der Waals surface area (Å²) in [7, 11) is 0. The molecule has 1 aliphatic rings. The van der Waals surface area contributed by atoms with Gasteiger partial charge < -0.3 is 14.7 Å². The molecule has 1 fully saturated rings. The van der Waals surface area contributed by atoms with Crippen molar-refractivity contribution in [3.8, 4) is 5.69 Å². The van der Waals surface area contributed by atoms with Gasteiger partial charge in [0.15, 0.2) is 0 Å². The number of aromatic nitrogens is 4. The fourth-order valence-electron chi connectivity index (χ4n) is 3.22. The topological polar surface area (TPSA) is 110 Å². The van der Waals surface area contributed by atoms with E-state index in [0.717, 1.165) is 16.6 Å². The summed E-state index contributed by atoms with van der Waals surface area (Å²) in [6, 6.07) is 5.08. The summed E-state index contributed by atoms with van der Waals surface area (Å²) >= 11 is 0. The Labute approximate surface area is 147 Å². The lowest BCUT2D eigenvalue weighted by atomic mass is 10.2. The van der Waals surface area contributed by atoms with E-state index in [1.54, 1.807) is 31.5 Å². The van der Waals surface area contributed by atoms with Gasteiger partial charge in [-0.2, -0.15) is 0 Å². The van der Waals surface area contributed by atoms with Crippen molar-refractivity contribution in [1.82, 2.24) is 19.1 Å². The zero-order chi connectivity index (χ0) is 18.4. The van der Waals surface area contributed by atoms with E-state index in [1.165, 1.54) is 12.8 Å². The zero-order valence-electron chi connectivity index (χ0n) is 14.2. The van der Waals surface area contributed by atoms with Crippen LogP contribution in [0, 0.1) is 5.92 Å². The SMILES string of the molecule is CCc1[nH]c(=O)n(-c2ccc3c(c2)ncn3CC2CC2)c(=O)c1C(=O)O. The van der Waals surface area contributed by atoms with Crippen molar-refractivity contribution < 1.29 is 9.90 Å². The van der Waals surface area contributed by atoms with Crippen LogP contribution in [0.3, 0.4) is 0 Å². The summed E-state index contributed by atoms with van der Waals surface area (Å²) < 4.78 is 2.91. The maximum atomic E-state index is 12.6. The highest BCUT2D eigenvalue weighted by Gasteiger charge is 2.23. The van der Waals surface area contributed by atoms with Gasteiger partial charge in [0.2, 0.25) is 0 Å². The predicted molar refractivity (Wildman–Crippen MR) is 95.0 cm³/mol. The first-order chi connectivity index (χ1) is 12.5. The molecule has 2 aromatic heterocycles. The Morgan fingerprint density at radius 3 is 2.77 bits per heavy atom. The lowest BCUT2D eigenvalue weighted by Gasteiger charge is -2.09. The molecular formula is C18H18N4O4. The number of carboxylic acid groups (broad SMARTS) is 1. The Kier molecular flexibility index (Phi) is 3.75. The van der Waals surface area contributed by atoms with Crippen LogP contribution in [0.2, 0.25) is 0 Å². The number of H-pyrrole nitrogens is 1. The lowest BCUT2D eigenvalue weighted by Crippen LogP contribution is -2.38. The molecule has 0 saturated heterocycles. The third-order valence-corrected chi connectivity index (χ3v) is 4.76. The Hall–Kier alpha value is -3.16. The molecule has 8 nitrogen and oxygen atoms in total. The molecular weight excluding hydrogens is 336 g/mol. The molecule has 1 saturated carbocycles. The van der Waals surface area contributed by atoms with Crippen LogP contribution in [0.4, 0.5) is 0 Å². The highest BCUT2D eigenvalue weighted by atomic mass is 16.4. The quantitative estimate of drug-likeness (QED) is 0.722. The summed E-state index contributed by atoms with van der Waals surface area (Å²) in [5, 5.41) is 9.35. The van der Waals surface area contributed by atoms with Gasteiger partial charge in [-0.25, -0.2) is 19.1 Å². The Bertz CT molecular complexity index is 1130. The highest BCUT2D eigenvalue weighted by molar-refractivity contribution is 5.88. The number of imidazole rings is 1. The molecule has 0 atom stereocenters. The van der Waals surface area contributed by atoms with Crippen LogP contribution < -0.4 is 11.2 Å². The van der Waals surface area contributed by atoms with Crippen LogP contribution in [0.1, 0.15) is 35.8 Å². The molecule has 0 spiro atoms. The van der Waals surface area contributed by atoms with Crippen LogP contribution in [0.5, 0.6) is 0 Å². The summed E-state index contributed by atoms with van der Waals surface area (Å²) in [6.07, 6.45) is 4.45. The van der Waals surface area contributed by atoms with Crippen LogP contribution >= 0.6 is 0 Å². The van der Waals surface area contributed by atoms with Crippen molar-refractivity contribution in [3.05, 3.63) is 56.6 Å². The van der Waals surface area contributed by atoms with Gasteiger partial charge in [-0.1, -0.05) is 6.92 Å². The van der Waals surface area contributed by atoms with Gasteiger partial charge in [-0.15, -0.1) is 0 Å². The molecule has 4 rings (SSSR count). The van der Waals surface area contributed by atoms with Crippen molar-refractivity contribution in [2.75, 3.05) is 0 Å². The van der Waals surface area contributed by atoms with Gasteiger partial charge in [-0.05, 0) is 43.4 Å². The second-order valence-corrected chi connectivity index (χ2v) is 6.60. The van der Waals surface area contributed by atoms with Crippen molar-refractivity contribution in [3.63, 3.8) is 0 Å². The first-order valence-electron chi connectivity index (χ1n) is 8.56. The summed E-state index contributed by atoms with van der Waals surface area (Å²) in [5.41, 5.74) is 0.0960. The normalized spacial score (nSPS) is 14.0. The fourth-order valence-corrected chi connectivity index (χ4v) is 3.22. The van der Waals surface area contributed by atoms with Crippen molar-refractivity contribution in [1.29, 1.82) is 0 Å². The number of fused-ring (bicyclic) bond motifs is 1. The molecule has 0 amide bonds. The number of nitrogens with one attached hydrogen (secondary N) is 1. The van der Waals surface area contributed by atoms with E-state index in [0.29, 0.717) is 17.1 Å². The van der Waals surface area contributed by atoms with Crippen molar-refractivity contribution >= 4 is 17.0 Å². The minimum atomic E-state index is -1.35. The highest BCUT2D eigenvalue weighted by Crippen LogP contribution is 2.31. The first kappa shape index (κ1) is 16.3. The average molecular weight is 354 g/mol. The molecule has 26 heavy (non-hydrogen) atoms. The molecule has 2 N–H and O–H groups in total. The maximum Gasteiger partial charge on any atom is 0.343 e. The number of hydrogen-bond acceptors (Lipinski definition) is 4. The second kappa shape index (κ2) is 5.98. The van der Waals surface area contributed by atoms with Gasteiger partial charge in [0.05, 0.1) is 23.0 Å². The van der Waals surface area contributed by atoms with Crippen LogP contribution in [-0.4, -0.2) is 30.2 Å². The zero-order valence-corrected chi connectivity index (χ0v) is 14.2. The Balaban J connectivity index is 1.87. The van der Waals surface area contributed by atoms with Gasteiger partial charge in [-0.3, -0.25) is 4.79 Å². The minimum Gasteiger partial charge on any atom is -0.477 e. The second-order valence-electron chi connectivity index (χ2n) is 6.60. The third-order valence-electron chi connectivity index (χ3n) is 4.76. The third kappa shape index (κ3) is 2.63. The van der Waals surface area contributed by atoms with Gasteiger partial charge >= 0.3 is 11.7 Å². The van der Waals surface area contributed by atoms with Gasteiger partial charge in [0, 0.05) is 12.2 Å². The molecule has 2 heterocycles. The summed E-state index contributed by atoms with van der Waals surface area (Å²) in [4.78, 5) is 43.4. The largest absolute Gasteiger partial charge is 0.477 e. The number of benzene rings is 1. The van der Waals surface area contributed by atoms with Crippen molar-refractivity contribution in [2.24, 2.45) is 5.92 Å². The number of hydrogen-bond donors (Lipinski definition) is 2. The lowest BCUT2D eigenvalue weighted by molar-refractivity contribution is 0.0692. The standard InChI is InChI=1S/C18H18N4O4/c1-2-12-15(17(24)25)16(23)22(18(26)20-12)11-5-6-14-13(7-11)19-9-21(14)8-10-3-4-10/h5-7,9-10H,2-4,8H2,1H3,(H,20,26)(H,24,25). The van der Waals surface area contributed by atoms with Gasteiger partial charge in [0.1, 0.15) is 5.56 Å². The molecule has 0 bridgehead atoms. The maximum absolute atomic E-state index is 12.6. The van der Waals surface area contributed by atoms with Crippen molar-refractivity contribution in [2.45, 2.75) is 32.7 Å². The van der Waals surface area contributed by atoms with Crippen LogP contribution in [-0.2, 0) is 13.0 Å². The molecule has 1 aromatic carbocycles. The molecule has 0 unspecified atom stereocenters. The molecule has 1 aliphatic carbocycles. The summed E-state index contributed by atoms with van der Waals surface area (Å²) in [6.45, 7) is 2.59. The molecule has 8 heteroatoms. The molecule has 134 valence electrons. The predicted octanol–water partition coefficient (Wildman–Crippen LogP) is 1.55. The molecule has 3 aromatic rings. The number of aryl methyl sites for hydroxylation is 1. The number of carbonyl (C=O) groups is 1. The van der Waals surface area contributed by atoms with E-state index in [9.17, 15) is 19.5 Å². The Morgan fingerprint density at radius 2 is 2.12 bits per heavy atom. The van der Waals surface area contributed by atoms with Crippen LogP contribution in [0.25, 0.3) is 16.7 Å². The van der Waals surface area contributed by atoms with E-state index in [2.05, 4.69) is 14.5 Å². The molecule has 0 aliphatic heterocycles. The number of nitrogens with zero attached hydrogens (tertiary/aromatic N) is 3. The van der Waals surface area contributed by atoms with E-state index in [4.69, 9.17) is 0 Å². The minimum absolute atomic E-state index is 0.124. The van der Waals surface area contributed by atoms with E-state index in [1.807, 2.05) is 0 Å². The van der Waals surface area contributed by atoms with E-state index in [-0.39, 0.29) is 12.1 Å². The molecule has 0 radical (unpaired) electrons. The smallest absolute Gasteiger partial charge is 0.343 e. The van der Waals surface area contributed by atoms with E-state index >= 15 is 0 Å². The number of rotatable bonds is 5. The van der Waals surface area contributed by atoms with Gasteiger partial charge in [0.25, 0.3) is 5.56 Å². The number of aromatic carboxylic acids is 1. The van der Waals surface area contributed by atoms with E-state index < -0.39 is 22.8 Å². The number of carboxylic acids is 1. The number of aromatic amines is 1.